The molecule has 2 N–H and O–H groups in total. The van der Waals surface area contributed by atoms with Crippen molar-refractivity contribution in [3.8, 4) is 0 Å². The molecule has 0 radical (unpaired) electrons. The molecule has 170 valence electrons. The van der Waals surface area contributed by atoms with Crippen LogP contribution in [0.4, 0.5) is 5.69 Å². The first-order valence-corrected chi connectivity index (χ1v) is 11.9. The Hall–Kier alpha value is -3.02. The van der Waals surface area contributed by atoms with Crippen LogP contribution < -0.4 is 5.32 Å². The Morgan fingerprint density at radius 3 is 2.82 bits per heavy atom. The number of nitrogens with zero attached hydrogens (tertiary/aromatic N) is 2. The van der Waals surface area contributed by atoms with E-state index in [0.717, 1.165) is 53.6 Å². The van der Waals surface area contributed by atoms with E-state index in [2.05, 4.69) is 23.0 Å². The number of rotatable bonds is 6. The Labute approximate surface area is 195 Å². The van der Waals surface area contributed by atoms with Crippen molar-refractivity contribution in [2.24, 2.45) is 11.8 Å². The molecular weight excluding hydrogens is 410 g/mol. The quantitative estimate of drug-likeness (QED) is 0.432. The van der Waals surface area contributed by atoms with E-state index >= 15 is 0 Å². The summed E-state index contributed by atoms with van der Waals surface area (Å²) in [6, 6.07) is 17.8. The number of aliphatic hydroxyl groups is 1. The fourth-order valence-electron chi connectivity index (χ4n) is 6.09. The van der Waals surface area contributed by atoms with Crippen LogP contribution in [0.5, 0.6) is 0 Å². The highest BCUT2D eigenvalue weighted by Gasteiger charge is 2.54. The van der Waals surface area contributed by atoms with Gasteiger partial charge < -0.3 is 14.9 Å². The molecular formula is C28H32N3O2+. The van der Waals surface area contributed by atoms with Crippen molar-refractivity contribution in [1.82, 2.24) is 4.98 Å². The first-order chi connectivity index (χ1) is 16.0. The maximum atomic E-state index is 13.2. The summed E-state index contributed by atoms with van der Waals surface area (Å²) in [4.78, 5) is 17.7. The number of pyridine rings is 1. The summed E-state index contributed by atoms with van der Waals surface area (Å²) in [5, 5.41) is 15.8. The minimum Gasteiger partial charge on any atom is -0.382 e. The minimum atomic E-state index is -0.654. The number of aryl methyl sites for hydroxylation is 1. The van der Waals surface area contributed by atoms with Crippen LogP contribution >= 0.6 is 0 Å². The second-order valence-electron chi connectivity index (χ2n) is 9.81. The number of quaternary nitrogens is 1. The van der Waals surface area contributed by atoms with Crippen molar-refractivity contribution in [3.63, 3.8) is 0 Å². The van der Waals surface area contributed by atoms with Gasteiger partial charge in [0.2, 0.25) is 0 Å². The number of anilines is 1. The van der Waals surface area contributed by atoms with E-state index < -0.39 is 6.10 Å². The molecule has 2 bridgehead atoms. The molecule has 5 atom stereocenters. The van der Waals surface area contributed by atoms with Gasteiger partial charge >= 0.3 is 0 Å². The number of piperidine rings is 3. The second-order valence-corrected chi connectivity index (χ2v) is 9.81. The maximum absolute atomic E-state index is 13.2. The lowest BCUT2D eigenvalue weighted by atomic mass is 9.71. The number of aromatic nitrogens is 1. The van der Waals surface area contributed by atoms with Crippen molar-refractivity contribution in [2.75, 3.05) is 25.0 Å². The summed E-state index contributed by atoms with van der Waals surface area (Å²) in [7, 11) is 0. The van der Waals surface area contributed by atoms with Crippen LogP contribution in [0.3, 0.4) is 0 Å². The second kappa shape index (κ2) is 8.73. The number of carbonyl (C=O) groups excluding carboxylic acids is 1. The molecule has 5 heteroatoms. The molecule has 6 rings (SSSR count). The molecule has 0 spiro atoms. The van der Waals surface area contributed by atoms with Crippen molar-refractivity contribution in [3.05, 3.63) is 84.6 Å². The van der Waals surface area contributed by atoms with Crippen molar-refractivity contribution < 1.29 is 14.4 Å². The summed E-state index contributed by atoms with van der Waals surface area (Å²) in [6.45, 7) is 8.22. The number of carbonyl (C=O) groups is 1. The topological polar surface area (TPSA) is 62.2 Å². The van der Waals surface area contributed by atoms with Gasteiger partial charge in [-0.1, -0.05) is 42.0 Å². The van der Waals surface area contributed by atoms with Crippen LogP contribution in [0.1, 0.15) is 30.1 Å². The summed E-state index contributed by atoms with van der Waals surface area (Å²) in [5.41, 5.74) is 3.77. The van der Waals surface area contributed by atoms with Gasteiger partial charge in [0.05, 0.1) is 18.6 Å². The molecule has 2 aromatic carbocycles. The van der Waals surface area contributed by atoms with Crippen LogP contribution in [0.25, 0.3) is 10.9 Å². The lowest BCUT2D eigenvalue weighted by Crippen LogP contribution is -2.69. The molecule has 4 heterocycles. The van der Waals surface area contributed by atoms with Gasteiger partial charge in [0.1, 0.15) is 12.1 Å². The van der Waals surface area contributed by atoms with Crippen molar-refractivity contribution in [2.45, 2.75) is 31.9 Å². The monoisotopic (exact) mass is 442 g/mol. The molecule has 3 saturated heterocycles. The number of para-hydroxylation sites is 1. The molecule has 0 aliphatic carbocycles. The molecule has 3 aromatic rings. The third kappa shape index (κ3) is 4.07. The van der Waals surface area contributed by atoms with Gasteiger partial charge in [0.25, 0.3) is 5.91 Å². The van der Waals surface area contributed by atoms with Gasteiger partial charge in [0.15, 0.2) is 6.54 Å². The summed E-state index contributed by atoms with van der Waals surface area (Å²) < 4.78 is 0.600. The van der Waals surface area contributed by atoms with Crippen LogP contribution in [0, 0.1) is 18.8 Å². The summed E-state index contributed by atoms with van der Waals surface area (Å²) in [5.74, 6) is 0.887. The number of hydrogen-bond acceptors (Lipinski definition) is 3. The number of aliphatic hydroxyl groups excluding tert-OH is 1. The van der Waals surface area contributed by atoms with E-state index in [1.807, 2.05) is 61.5 Å². The predicted octanol–water partition coefficient (Wildman–Crippen LogP) is 4.63. The highest BCUT2D eigenvalue weighted by Crippen LogP contribution is 2.47. The van der Waals surface area contributed by atoms with E-state index in [1.165, 1.54) is 0 Å². The standard InChI is InChI=1S/C28H31N3O2/c1-3-20-17-31(18-27(32)30-22-10-8-19(2)9-11-22)15-13-21(20)16-26(31)28(33)24-12-14-29-25-7-5-4-6-23(24)25/h3-12,14,20-21,26,28,33H,1,13,15-18H2,2H3/p+1/t20-,21-,26+,28-,31-/m0/s1. The Kier molecular flexibility index (Phi) is 5.77. The number of amides is 1. The lowest BCUT2D eigenvalue weighted by molar-refractivity contribution is -0.966. The van der Waals surface area contributed by atoms with E-state index in [9.17, 15) is 9.90 Å². The number of hydrogen-bond donors (Lipinski definition) is 2. The smallest absolute Gasteiger partial charge is 0.279 e. The van der Waals surface area contributed by atoms with E-state index in [4.69, 9.17) is 0 Å². The van der Waals surface area contributed by atoms with Gasteiger partial charge in [-0.2, -0.15) is 0 Å². The number of benzene rings is 2. The third-order valence-electron chi connectivity index (χ3n) is 7.84. The van der Waals surface area contributed by atoms with Gasteiger partial charge in [-0.05, 0) is 42.7 Å². The third-order valence-corrected chi connectivity index (χ3v) is 7.84. The molecule has 3 aliphatic rings. The summed E-state index contributed by atoms with van der Waals surface area (Å²) >= 11 is 0. The van der Waals surface area contributed by atoms with Gasteiger partial charge in [0, 0.05) is 36.0 Å². The molecule has 5 nitrogen and oxygen atoms in total. The predicted molar refractivity (Wildman–Crippen MR) is 132 cm³/mol. The maximum Gasteiger partial charge on any atom is 0.279 e. The van der Waals surface area contributed by atoms with Crippen LogP contribution in [-0.4, -0.2) is 46.2 Å². The minimum absolute atomic E-state index is 0.00111. The summed E-state index contributed by atoms with van der Waals surface area (Å²) in [6.07, 6.45) is 5.14. The van der Waals surface area contributed by atoms with E-state index in [-0.39, 0.29) is 11.9 Å². The Morgan fingerprint density at radius 2 is 2.03 bits per heavy atom. The molecule has 1 aromatic heterocycles. The zero-order chi connectivity index (χ0) is 23.0. The van der Waals surface area contributed by atoms with Gasteiger partial charge in [-0.15, -0.1) is 6.58 Å². The molecule has 33 heavy (non-hydrogen) atoms. The first-order valence-electron chi connectivity index (χ1n) is 11.9. The van der Waals surface area contributed by atoms with Gasteiger partial charge in [-0.25, -0.2) is 0 Å². The normalized spacial score (nSPS) is 27.3. The average molecular weight is 443 g/mol. The Bertz CT molecular complexity index is 1170. The molecule has 0 unspecified atom stereocenters. The van der Waals surface area contributed by atoms with Crippen LogP contribution in [0.15, 0.2) is 73.4 Å². The number of fused-ring (bicyclic) bond motifs is 4. The number of nitrogens with one attached hydrogen (secondary N) is 1. The van der Waals surface area contributed by atoms with Crippen molar-refractivity contribution in [1.29, 1.82) is 0 Å². The average Bonchev–Trinajstić information content (AvgIpc) is 2.84. The highest BCUT2D eigenvalue weighted by atomic mass is 16.3. The van der Waals surface area contributed by atoms with Crippen LogP contribution in [-0.2, 0) is 4.79 Å². The Balaban J connectivity index is 1.46. The van der Waals surface area contributed by atoms with E-state index in [0.29, 0.717) is 22.9 Å². The molecule has 3 aliphatic heterocycles. The Morgan fingerprint density at radius 1 is 1.24 bits per heavy atom. The zero-order valence-corrected chi connectivity index (χ0v) is 19.2. The fourth-order valence-corrected chi connectivity index (χ4v) is 6.09. The van der Waals surface area contributed by atoms with Crippen LogP contribution in [0.2, 0.25) is 0 Å². The first kappa shape index (κ1) is 21.8. The lowest BCUT2D eigenvalue weighted by Gasteiger charge is -2.57. The van der Waals surface area contributed by atoms with Crippen molar-refractivity contribution >= 4 is 22.5 Å². The zero-order valence-electron chi connectivity index (χ0n) is 19.2. The molecule has 3 fully saturated rings. The van der Waals surface area contributed by atoms with Gasteiger partial charge in [-0.3, -0.25) is 9.78 Å². The molecule has 0 saturated carbocycles. The highest BCUT2D eigenvalue weighted by molar-refractivity contribution is 5.91. The SMILES string of the molecule is C=C[C@H]1C[N@+]2(CC(=O)Nc3ccc(C)cc3)CC[C@H]1C[C@@H]2[C@@H](O)c1ccnc2ccccc12. The van der Waals surface area contributed by atoms with E-state index in [1.54, 1.807) is 6.20 Å². The fraction of sp³-hybridized carbons (Fsp3) is 0.357. The largest absolute Gasteiger partial charge is 0.382 e. The molecule has 1 amide bonds.